The topological polar surface area (TPSA) is 17.6 Å². The quantitative estimate of drug-likeness (QED) is 0.348. The minimum absolute atomic E-state index is 1.06. The Hall–Kier alpha value is -3.14. The standard InChI is InChI=1S/C26H32N4/c1-3-5-15-27-17-19-29(21-27)25-13-9-7-11-23(25)24-12-8-10-14-26(24)30-20-18-28(22-30)16-6-4-2/h7-14,17-22H,3-6,15-16H2,1-2H3/q+2. The van der Waals surface area contributed by atoms with Gasteiger partial charge in [0.15, 0.2) is 0 Å². The molecule has 0 fully saturated rings. The molecule has 154 valence electrons. The fourth-order valence-corrected chi connectivity index (χ4v) is 3.87. The molecule has 4 nitrogen and oxygen atoms in total. The number of aromatic nitrogens is 4. The molecule has 2 aromatic carbocycles. The summed E-state index contributed by atoms with van der Waals surface area (Å²) in [6.45, 7) is 6.58. The number of para-hydroxylation sites is 2. The van der Waals surface area contributed by atoms with Crippen LogP contribution in [0.5, 0.6) is 0 Å². The summed E-state index contributed by atoms with van der Waals surface area (Å²) < 4.78 is 9.02. The normalized spacial score (nSPS) is 11.1. The first kappa shape index (κ1) is 20.1. The molecule has 0 N–H and O–H groups in total. The molecule has 0 atom stereocenters. The number of hydrogen-bond acceptors (Lipinski definition) is 0. The molecule has 0 aliphatic heterocycles. The fraction of sp³-hybridized carbons (Fsp3) is 0.308. The summed E-state index contributed by atoms with van der Waals surface area (Å²) in [4.78, 5) is 0. The van der Waals surface area contributed by atoms with Gasteiger partial charge in [0.05, 0.1) is 13.1 Å². The van der Waals surface area contributed by atoms with Gasteiger partial charge >= 0.3 is 0 Å². The summed E-state index contributed by atoms with van der Waals surface area (Å²) in [6, 6.07) is 17.3. The highest BCUT2D eigenvalue weighted by Gasteiger charge is 2.18. The molecular formula is C26H32N4+2. The van der Waals surface area contributed by atoms with Crippen LogP contribution in [0.25, 0.3) is 22.5 Å². The minimum atomic E-state index is 1.06. The molecule has 0 amide bonds. The van der Waals surface area contributed by atoms with Crippen LogP contribution in [-0.4, -0.2) is 9.13 Å². The summed E-state index contributed by atoms with van der Waals surface area (Å²) >= 11 is 0. The molecule has 0 spiro atoms. The monoisotopic (exact) mass is 400 g/mol. The fourth-order valence-electron chi connectivity index (χ4n) is 3.87. The summed E-state index contributed by atoms with van der Waals surface area (Å²) in [5, 5.41) is 0. The van der Waals surface area contributed by atoms with E-state index in [0.717, 1.165) is 13.1 Å². The van der Waals surface area contributed by atoms with E-state index in [-0.39, 0.29) is 0 Å². The molecular weight excluding hydrogens is 368 g/mol. The van der Waals surface area contributed by atoms with Crippen LogP contribution in [0.3, 0.4) is 0 Å². The number of unbranched alkanes of at least 4 members (excludes halogenated alkanes) is 2. The van der Waals surface area contributed by atoms with Crippen molar-refractivity contribution in [3.8, 4) is 22.5 Å². The molecule has 0 aliphatic carbocycles. The van der Waals surface area contributed by atoms with Crippen LogP contribution >= 0.6 is 0 Å². The Morgan fingerprint density at radius 2 is 1.07 bits per heavy atom. The van der Waals surface area contributed by atoms with Crippen molar-refractivity contribution < 1.29 is 9.13 Å². The van der Waals surface area contributed by atoms with Crippen LogP contribution in [0.2, 0.25) is 0 Å². The Kier molecular flexibility index (Phi) is 6.43. The lowest BCUT2D eigenvalue weighted by Crippen LogP contribution is -2.30. The van der Waals surface area contributed by atoms with Gasteiger partial charge in [-0.05, 0) is 37.1 Å². The van der Waals surface area contributed by atoms with E-state index in [1.165, 1.54) is 48.2 Å². The van der Waals surface area contributed by atoms with Crippen LogP contribution in [-0.2, 0) is 13.1 Å². The predicted octanol–water partition coefficient (Wildman–Crippen LogP) is 5.11. The summed E-state index contributed by atoms with van der Waals surface area (Å²) in [5.74, 6) is 0. The van der Waals surface area contributed by atoms with E-state index >= 15 is 0 Å². The molecule has 2 aromatic heterocycles. The number of benzene rings is 2. The predicted molar refractivity (Wildman–Crippen MR) is 121 cm³/mol. The summed E-state index contributed by atoms with van der Waals surface area (Å²) in [6.07, 6.45) is 17.9. The number of aryl methyl sites for hydroxylation is 2. The lowest BCUT2D eigenvalue weighted by Gasteiger charge is -2.09. The van der Waals surface area contributed by atoms with Gasteiger partial charge in [-0.15, -0.1) is 0 Å². The zero-order chi connectivity index (χ0) is 20.8. The average molecular weight is 401 g/mol. The van der Waals surface area contributed by atoms with Crippen molar-refractivity contribution in [1.29, 1.82) is 0 Å². The van der Waals surface area contributed by atoms with Crippen molar-refractivity contribution in [3.05, 3.63) is 86.0 Å². The van der Waals surface area contributed by atoms with Crippen LogP contribution in [0, 0.1) is 0 Å². The SMILES string of the molecule is CCCC[n+]1ccn(-c2ccccc2-c2ccccc2-n2cc[n+](CCCC)c2)c1. The largest absolute Gasteiger partial charge is 0.248 e. The van der Waals surface area contributed by atoms with Gasteiger partial charge in [-0.1, -0.05) is 51.0 Å². The molecule has 0 saturated carbocycles. The third-order valence-electron chi connectivity index (χ3n) is 5.58. The van der Waals surface area contributed by atoms with Crippen molar-refractivity contribution in [2.75, 3.05) is 0 Å². The molecule has 0 aliphatic rings. The zero-order valence-electron chi connectivity index (χ0n) is 18.1. The highest BCUT2D eigenvalue weighted by atomic mass is 15.1. The Labute approximate surface area is 179 Å². The number of imidazole rings is 2. The van der Waals surface area contributed by atoms with E-state index in [1.54, 1.807) is 0 Å². The first-order valence-electron chi connectivity index (χ1n) is 11.1. The maximum absolute atomic E-state index is 2.27. The molecule has 4 aromatic rings. The van der Waals surface area contributed by atoms with Gasteiger partial charge < -0.3 is 0 Å². The van der Waals surface area contributed by atoms with Crippen molar-refractivity contribution >= 4 is 0 Å². The van der Waals surface area contributed by atoms with Crippen LogP contribution in [0.15, 0.2) is 86.0 Å². The number of hydrogen-bond donors (Lipinski definition) is 0. The molecule has 30 heavy (non-hydrogen) atoms. The van der Waals surface area contributed by atoms with Crippen molar-refractivity contribution in [3.63, 3.8) is 0 Å². The van der Waals surface area contributed by atoms with Crippen molar-refractivity contribution in [2.24, 2.45) is 0 Å². The van der Waals surface area contributed by atoms with E-state index in [4.69, 9.17) is 0 Å². The molecule has 0 radical (unpaired) electrons. The minimum Gasteiger partial charge on any atom is -0.236 e. The number of rotatable bonds is 9. The Bertz CT molecular complexity index is 1000. The van der Waals surface area contributed by atoms with Crippen molar-refractivity contribution in [1.82, 2.24) is 9.13 Å². The second-order valence-corrected chi connectivity index (χ2v) is 7.86. The maximum Gasteiger partial charge on any atom is 0.248 e. The Morgan fingerprint density at radius 3 is 1.50 bits per heavy atom. The molecule has 0 saturated heterocycles. The van der Waals surface area contributed by atoms with Gasteiger partial charge in [0.2, 0.25) is 12.7 Å². The van der Waals surface area contributed by atoms with Gasteiger partial charge in [0.25, 0.3) is 0 Å². The molecule has 0 bridgehead atoms. The van der Waals surface area contributed by atoms with E-state index in [2.05, 4.69) is 118 Å². The van der Waals surface area contributed by atoms with E-state index in [1.807, 2.05) is 0 Å². The maximum atomic E-state index is 2.27. The van der Waals surface area contributed by atoms with E-state index in [0.29, 0.717) is 0 Å². The van der Waals surface area contributed by atoms with Crippen LogP contribution < -0.4 is 9.13 Å². The van der Waals surface area contributed by atoms with E-state index in [9.17, 15) is 0 Å². The number of nitrogens with zero attached hydrogens (tertiary/aromatic N) is 4. The second-order valence-electron chi connectivity index (χ2n) is 7.86. The summed E-state index contributed by atoms with van der Waals surface area (Å²) in [5.41, 5.74) is 4.87. The van der Waals surface area contributed by atoms with Gasteiger partial charge in [-0.2, -0.15) is 0 Å². The highest BCUT2D eigenvalue weighted by molar-refractivity contribution is 5.79. The van der Waals surface area contributed by atoms with E-state index < -0.39 is 0 Å². The van der Waals surface area contributed by atoms with Gasteiger partial charge in [-0.3, -0.25) is 0 Å². The van der Waals surface area contributed by atoms with Gasteiger partial charge in [-0.25, -0.2) is 18.3 Å². The smallest absolute Gasteiger partial charge is 0.236 e. The highest BCUT2D eigenvalue weighted by Crippen LogP contribution is 2.31. The van der Waals surface area contributed by atoms with Gasteiger partial charge in [0.1, 0.15) is 36.2 Å². The molecule has 4 heteroatoms. The van der Waals surface area contributed by atoms with Crippen molar-refractivity contribution in [2.45, 2.75) is 52.6 Å². The molecule has 2 heterocycles. The lowest BCUT2D eigenvalue weighted by atomic mass is 10.0. The molecule has 0 unspecified atom stereocenters. The molecule has 4 rings (SSSR count). The summed E-state index contributed by atoms with van der Waals surface area (Å²) in [7, 11) is 0. The van der Waals surface area contributed by atoms with Crippen LogP contribution in [0.4, 0.5) is 0 Å². The zero-order valence-corrected chi connectivity index (χ0v) is 18.1. The lowest BCUT2D eigenvalue weighted by molar-refractivity contribution is -0.696. The van der Waals surface area contributed by atoms with Crippen LogP contribution in [0.1, 0.15) is 39.5 Å². The Balaban J connectivity index is 1.72. The van der Waals surface area contributed by atoms with Gasteiger partial charge in [0, 0.05) is 11.1 Å². The third kappa shape index (κ3) is 4.38. The first-order chi connectivity index (χ1) is 14.8. The second kappa shape index (κ2) is 9.57. The third-order valence-corrected chi connectivity index (χ3v) is 5.58. The average Bonchev–Trinajstić information content (AvgIpc) is 3.46. The first-order valence-corrected chi connectivity index (χ1v) is 11.1. The Morgan fingerprint density at radius 1 is 0.633 bits per heavy atom.